The summed E-state index contributed by atoms with van der Waals surface area (Å²) in [7, 11) is 0. The van der Waals surface area contributed by atoms with E-state index in [0.717, 1.165) is 24.8 Å². The molecule has 0 radical (unpaired) electrons. The molecule has 2 N–H and O–H groups in total. The number of carbonyl (C=O) groups excluding carboxylic acids is 1. The van der Waals surface area contributed by atoms with Gasteiger partial charge in [-0.3, -0.25) is 4.79 Å². The van der Waals surface area contributed by atoms with Crippen LogP contribution < -0.4 is 5.32 Å². The summed E-state index contributed by atoms with van der Waals surface area (Å²) >= 11 is 0. The summed E-state index contributed by atoms with van der Waals surface area (Å²) in [5, 5.41) is 11.8. The van der Waals surface area contributed by atoms with Gasteiger partial charge in [0.1, 0.15) is 6.04 Å². The number of hydrogen-bond acceptors (Lipinski definition) is 2. The van der Waals surface area contributed by atoms with Gasteiger partial charge in [-0.25, -0.2) is 4.79 Å². The number of carboxylic acid groups (broad SMARTS) is 1. The van der Waals surface area contributed by atoms with E-state index in [-0.39, 0.29) is 5.91 Å². The zero-order valence-corrected chi connectivity index (χ0v) is 12.5. The molecule has 0 spiro atoms. The van der Waals surface area contributed by atoms with Crippen molar-refractivity contribution in [1.82, 2.24) is 5.32 Å². The Morgan fingerprint density at radius 3 is 2.38 bits per heavy atom. The fourth-order valence-corrected chi connectivity index (χ4v) is 2.37. The minimum absolute atomic E-state index is 0.178. The molecule has 21 heavy (non-hydrogen) atoms. The number of aryl methyl sites for hydroxylation is 2. The number of rotatable bonds is 8. The Hall–Kier alpha value is -1.84. The number of aliphatic carboxylic acids is 1. The Kier molecular flexibility index (Phi) is 5.37. The lowest BCUT2D eigenvalue weighted by Gasteiger charge is -2.14. The van der Waals surface area contributed by atoms with Gasteiger partial charge >= 0.3 is 5.97 Å². The monoisotopic (exact) mass is 289 g/mol. The van der Waals surface area contributed by atoms with Gasteiger partial charge in [0.05, 0.1) is 0 Å². The Bertz CT molecular complexity index is 491. The number of carboxylic acids is 1. The minimum atomic E-state index is -0.928. The lowest BCUT2D eigenvalue weighted by Crippen LogP contribution is -2.41. The second-order valence-corrected chi connectivity index (χ2v) is 5.81. The fraction of sp³-hybridized carbons (Fsp3) is 0.529. The third kappa shape index (κ3) is 5.21. The fourth-order valence-electron chi connectivity index (χ4n) is 2.37. The third-order valence-corrected chi connectivity index (χ3v) is 3.97. The molecule has 0 saturated heterocycles. The van der Waals surface area contributed by atoms with E-state index in [4.69, 9.17) is 5.11 Å². The Morgan fingerprint density at radius 2 is 1.86 bits per heavy atom. The molecule has 1 aliphatic carbocycles. The highest BCUT2D eigenvalue weighted by atomic mass is 16.4. The van der Waals surface area contributed by atoms with Crippen LogP contribution in [0.5, 0.6) is 0 Å². The van der Waals surface area contributed by atoms with Crippen molar-refractivity contribution in [2.45, 2.75) is 51.5 Å². The normalized spacial score (nSPS) is 15.5. The van der Waals surface area contributed by atoms with Crippen molar-refractivity contribution in [3.8, 4) is 0 Å². The second-order valence-electron chi connectivity index (χ2n) is 5.81. The number of carbonyl (C=O) groups is 2. The van der Waals surface area contributed by atoms with Crippen LogP contribution in [0.15, 0.2) is 24.3 Å². The highest BCUT2D eigenvalue weighted by molar-refractivity contribution is 5.83. The van der Waals surface area contributed by atoms with Crippen molar-refractivity contribution < 1.29 is 14.7 Å². The Labute approximate surface area is 125 Å². The van der Waals surface area contributed by atoms with E-state index in [9.17, 15) is 9.59 Å². The predicted octanol–water partition coefficient (Wildman–Crippen LogP) is 2.55. The molecular formula is C17H23NO3. The van der Waals surface area contributed by atoms with Gasteiger partial charge in [-0.1, -0.05) is 44.0 Å². The average molecular weight is 289 g/mol. The van der Waals surface area contributed by atoms with E-state index < -0.39 is 12.0 Å². The summed E-state index contributed by atoms with van der Waals surface area (Å²) in [6, 6.07) is 7.48. The standard InChI is InChI=1S/C17H23NO3/c1-2-12-3-5-13(6-4-12)9-10-16(19)18-15(17(20)21)11-14-7-8-14/h3-6,14-15H,2,7-11H2,1H3,(H,18,19)(H,20,21). The van der Waals surface area contributed by atoms with Crippen LogP contribution in [-0.2, 0) is 22.4 Å². The van der Waals surface area contributed by atoms with Crippen LogP contribution in [0.25, 0.3) is 0 Å². The molecule has 1 amide bonds. The van der Waals surface area contributed by atoms with Crippen molar-refractivity contribution in [2.75, 3.05) is 0 Å². The van der Waals surface area contributed by atoms with Crippen molar-refractivity contribution in [2.24, 2.45) is 5.92 Å². The van der Waals surface area contributed by atoms with Crippen LogP contribution in [0.3, 0.4) is 0 Å². The predicted molar refractivity (Wildman–Crippen MR) is 81.0 cm³/mol. The summed E-state index contributed by atoms with van der Waals surface area (Å²) in [5.74, 6) is -0.627. The zero-order chi connectivity index (χ0) is 15.2. The molecule has 114 valence electrons. The van der Waals surface area contributed by atoms with Crippen molar-refractivity contribution in [3.05, 3.63) is 35.4 Å². The number of hydrogen-bond donors (Lipinski definition) is 2. The van der Waals surface area contributed by atoms with E-state index in [1.165, 1.54) is 5.56 Å². The molecule has 1 aromatic carbocycles. The van der Waals surface area contributed by atoms with Crippen molar-refractivity contribution >= 4 is 11.9 Å². The molecule has 4 nitrogen and oxygen atoms in total. The van der Waals surface area contributed by atoms with Gasteiger partial charge in [0, 0.05) is 6.42 Å². The molecule has 1 saturated carbocycles. The number of nitrogens with one attached hydrogen (secondary N) is 1. The van der Waals surface area contributed by atoms with Gasteiger partial charge in [-0.05, 0) is 36.3 Å². The number of amides is 1. The lowest BCUT2D eigenvalue weighted by atomic mass is 10.1. The summed E-state index contributed by atoms with van der Waals surface area (Å²) < 4.78 is 0. The molecule has 1 unspecified atom stereocenters. The second kappa shape index (κ2) is 7.25. The first kappa shape index (κ1) is 15.5. The van der Waals surface area contributed by atoms with Gasteiger partial charge < -0.3 is 10.4 Å². The zero-order valence-electron chi connectivity index (χ0n) is 12.5. The first-order chi connectivity index (χ1) is 10.1. The van der Waals surface area contributed by atoms with Crippen molar-refractivity contribution in [3.63, 3.8) is 0 Å². The topological polar surface area (TPSA) is 66.4 Å². The van der Waals surface area contributed by atoms with E-state index in [2.05, 4.69) is 24.4 Å². The van der Waals surface area contributed by atoms with Gasteiger partial charge in [-0.2, -0.15) is 0 Å². The van der Waals surface area contributed by atoms with E-state index >= 15 is 0 Å². The largest absolute Gasteiger partial charge is 0.480 e. The maximum absolute atomic E-state index is 11.9. The van der Waals surface area contributed by atoms with Crippen LogP contribution in [0, 0.1) is 5.92 Å². The summed E-state index contributed by atoms with van der Waals surface area (Å²) in [4.78, 5) is 23.0. The highest BCUT2D eigenvalue weighted by Crippen LogP contribution is 2.33. The first-order valence-corrected chi connectivity index (χ1v) is 7.68. The van der Waals surface area contributed by atoms with Gasteiger partial charge in [0.15, 0.2) is 0 Å². The van der Waals surface area contributed by atoms with Crippen LogP contribution in [0.4, 0.5) is 0 Å². The highest BCUT2D eigenvalue weighted by Gasteiger charge is 2.29. The first-order valence-electron chi connectivity index (χ1n) is 7.68. The quantitative estimate of drug-likeness (QED) is 0.773. The molecule has 1 aliphatic rings. The Morgan fingerprint density at radius 1 is 1.24 bits per heavy atom. The van der Waals surface area contributed by atoms with E-state index in [0.29, 0.717) is 25.2 Å². The number of benzene rings is 1. The maximum Gasteiger partial charge on any atom is 0.326 e. The smallest absolute Gasteiger partial charge is 0.326 e. The SMILES string of the molecule is CCc1ccc(CCC(=O)NC(CC2CC2)C(=O)O)cc1. The average Bonchev–Trinajstić information content (AvgIpc) is 3.29. The Balaban J connectivity index is 1.78. The molecule has 2 rings (SSSR count). The lowest BCUT2D eigenvalue weighted by molar-refractivity contribution is -0.142. The minimum Gasteiger partial charge on any atom is -0.480 e. The third-order valence-electron chi connectivity index (χ3n) is 3.97. The van der Waals surface area contributed by atoms with E-state index in [1.54, 1.807) is 0 Å². The molecular weight excluding hydrogens is 266 g/mol. The van der Waals surface area contributed by atoms with Crippen molar-refractivity contribution in [1.29, 1.82) is 0 Å². The van der Waals surface area contributed by atoms with Crippen LogP contribution >= 0.6 is 0 Å². The summed E-state index contributed by atoms with van der Waals surface area (Å²) in [6.45, 7) is 2.11. The molecule has 0 aromatic heterocycles. The molecule has 1 fully saturated rings. The van der Waals surface area contributed by atoms with Gasteiger partial charge in [0.2, 0.25) is 5.91 Å². The molecule has 1 atom stereocenters. The van der Waals surface area contributed by atoms with Gasteiger partial charge in [-0.15, -0.1) is 0 Å². The van der Waals surface area contributed by atoms with Crippen LogP contribution in [-0.4, -0.2) is 23.0 Å². The van der Waals surface area contributed by atoms with E-state index in [1.807, 2.05) is 12.1 Å². The summed E-state index contributed by atoms with van der Waals surface area (Å²) in [5.41, 5.74) is 2.38. The molecule has 0 bridgehead atoms. The van der Waals surface area contributed by atoms with Crippen LogP contribution in [0.2, 0.25) is 0 Å². The maximum atomic E-state index is 11.9. The van der Waals surface area contributed by atoms with Crippen LogP contribution in [0.1, 0.15) is 43.7 Å². The molecule has 0 aliphatic heterocycles. The molecule has 1 aromatic rings. The molecule has 0 heterocycles. The summed E-state index contributed by atoms with van der Waals surface area (Å²) in [6.07, 6.45) is 4.72. The molecule has 4 heteroatoms. The van der Waals surface area contributed by atoms with Gasteiger partial charge in [0.25, 0.3) is 0 Å².